The van der Waals surface area contributed by atoms with Crippen molar-refractivity contribution < 1.29 is 19.7 Å². The Morgan fingerprint density at radius 3 is 1.67 bits per heavy atom. The number of ether oxygens (including phenoxy) is 1. The van der Waals surface area contributed by atoms with Crippen molar-refractivity contribution in [2.75, 3.05) is 6.61 Å². The summed E-state index contributed by atoms with van der Waals surface area (Å²) in [4.78, 5) is 12.8. The molecule has 1 saturated heterocycles. The molecule has 154 valence electrons. The van der Waals surface area contributed by atoms with E-state index in [1.54, 1.807) is 0 Å². The second kappa shape index (κ2) is 8.69. The number of carboxylic acid groups (broad SMARTS) is 1. The maximum Gasteiger partial charge on any atom is 0.409 e. The van der Waals surface area contributed by atoms with Gasteiger partial charge in [-0.2, -0.15) is 0 Å². The molecule has 1 amide bonds. The Labute approximate surface area is 176 Å². The van der Waals surface area contributed by atoms with Crippen molar-refractivity contribution >= 4 is 6.09 Å². The fraction of sp³-hybridized carbons (Fsp3) is 0.240. The van der Waals surface area contributed by atoms with Crippen LogP contribution in [-0.2, 0) is 10.3 Å². The van der Waals surface area contributed by atoms with Crippen LogP contribution in [0.4, 0.5) is 4.79 Å². The van der Waals surface area contributed by atoms with Crippen LogP contribution in [0.1, 0.15) is 29.5 Å². The molecule has 3 aromatic carbocycles. The van der Waals surface area contributed by atoms with Crippen molar-refractivity contribution in [3.05, 3.63) is 108 Å². The molecule has 0 spiro atoms. The van der Waals surface area contributed by atoms with E-state index in [4.69, 9.17) is 4.74 Å². The molecule has 3 aromatic rings. The molecular formula is C25H25NO4. The van der Waals surface area contributed by atoms with Gasteiger partial charge in [0, 0.05) is 0 Å². The lowest BCUT2D eigenvalue weighted by Gasteiger charge is -2.37. The molecular weight excluding hydrogens is 378 g/mol. The smallest absolute Gasteiger partial charge is 0.409 e. The topological polar surface area (TPSA) is 70.0 Å². The summed E-state index contributed by atoms with van der Waals surface area (Å²) in [7, 11) is 0. The van der Waals surface area contributed by atoms with Gasteiger partial charge in [-0.1, -0.05) is 91.0 Å². The Morgan fingerprint density at radius 1 is 0.833 bits per heavy atom. The zero-order valence-corrected chi connectivity index (χ0v) is 16.6. The third-order valence-corrected chi connectivity index (χ3v) is 5.73. The highest BCUT2D eigenvalue weighted by Gasteiger charge is 2.41. The number of likely N-dealkylation sites (tertiary alicyclic amines) is 1. The Balaban J connectivity index is 1.80. The van der Waals surface area contributed by atoms with Crippen LogP contribution in [0.25, 0.3) is 0 Å². The fourth-order valence-corrected chi connectivity index (χ4v) is 4.30. The number of nitrogens with zero attached hydrogens (tertiary/aromatic N) is 1. The standard InChI is InChI=1S/C25H25NO4/c27-23-17-16-22(26(23)24(28)29)18-30-25(19-10-4-1-5-11-19,20-12-6-2-7-13-20)21-14-8-3-9-15-21/h1-15,22-23,27H,16-18H2,(H,28,29). The SMILES string of the molecule is O=C(O)N1C(O)CCC1COC(c1ccccc1)(c1ccccc1)c1ccccc1. The molecule has 0 bridgehead atoms. The summed E-state index contributed by atoms with van der Waals surface area (Å²) in [6.07, 6.45) is -1.15. The maximum atomic E-state index is 11.7. The molecule has 2 N–H and O–H groups in total. The van der Waals surface area contributed by atoms with Crippen molar-refractivity contribution in [3.63, 3.8) is 0 Å². The quantitative estimate of drug-likeness (QED) is 0.597. The van der Waals surface area contributed by atoms with Gasteiger partial charge < -0.3 is 14.9 Å². The number of carbonyl (C=O) groups is 1. The zero-order valence-electron chi connectivity index (χ0n) is 16.6. The van der Waals surface area contributed by atoms with Crippen LogP contribution in [0, 0.1) is 0 Å². The molecule has 1 fully saturated rings. The van der Waals surface area contributed by atoms with E-state index in [1.807, 2.05) is 91.0 Å². The van der Waals surface area contributed by atoms with Gasteiger partial charge in [-0.25, -0.2) is 4.79 Å². The van der Waals surface area contributed by atoms with Crippen molar-refractivity contribution in [3.8, 4) is 0 Å². The van der Waals surface area contributed by atoms with Crippen LogP contribution in [-0.4, -0.2) is 40.1 Å². The van der Waals surface area contributed by atoms with E-state index in [9.17, 15) is 15.0 Å². The third kappa shape index (κ3) is 3.70. The van der Waals surface area contributed by atoms with E-state index in [0.717, 1.165) is 21.6 Å². The largest absolute Gasteiger partial charge is 0.465 e. The summed E-state index contributed by atoms with van der Waals surface area (Å²) in [6, 6.07) is 29.5. The molecule has 4 rings (SSSR count). The first kappa shape index (κ1) is 20.1. The Hall–Kier alpha value is -3.15. The molecule has 0 saturated carbocycles. The third-order valence-electron chi connectivity index (χ3n) is 5.73. The van der Waals surface area contributed by atoms with Crippen LogP contribution in [0.5, 0.6) is 0 Å². The molecule has 0 aromatic heterocycles. The Morgan fingerprint density at radius 2 is 1.27 bits per heavy atom. The van der Waals surface area contributed by atoms with Gasteiger partial charge >= 0.3 is 6.09 Å². The van der Waals surface area contributed by atoms with E-state index in [-0.39, 0.29) is 6.61 Å². The summed E-state index contributed by atoms with van der Waals surface area (Å²) in [5.41, 5.74) is 1.98. The van der Waals surface area contributed by atoms with Crippen LogP contribution in [0.3, 0.4) is 0 Å². The molecule has 5 heteroatoms. The molecule has 0 aliphatic carbocycles. The van der Waals surface area contributed by atoms with E-state index in [0.29, 0.717) is 12.8 Å². The maximum absolute atomic E-state index is 11.7. The number of hydrogen-bond acceptors (Lipinski definition) is 3. The Bertz CT molecular complexity index is 866. The minimum absolute atomic E-state index is 0.169. The fourth-order valence-electron chi connectivity index (χ4n) is 4.30. The highest BCUT2D eigenvalue weighted by Crippen LogP contribution is 2.41. The van der Waals surface area contributed by atoms with Crippen LogP contribution in [0.2, 0.25) is 0 Å². The number of amides is 1. The summed E-state index contributed by atoms with van der Waals surface area (Å²) in [5, 5.41) is 19.6. The Kier molecular flexibility index (Phi) is 5.84. The minimum Gasteiger partial charge on any atom is -0.465 e. The lowest BCUT2D eigenvalue weighted by atomic mass is 9.80. The first-order valence-corrected chi connectivity index (χ1v) is 10.1. The first-order chi connectivity index (χ1) is 14.6. The van der Waals surface area contributed by atoms with Crippen molar-refractivity contribution in [1.82, 2.24) is 4.90 Å². The minimum atomic E-state index is -1.13. The van der Waals surface area contributed by atoms with Gasteiger partial charge in [0.05, 0.1) is 12.6 Å². The lowest BCUT2D eigenvalue weighted by molar-refractivity contribution is -0.0369. The predicted octanol–water partition coefficient (Wildman–Crippen LogP) is 4.46. The van der Waals surface area contributed by atoms with Gasteiger partial charge in [0.15, 0.2) is 0 Å². The second-order valence-corrected chi connectivity index (χ2v) is 7.49. The molecule has 30 heavy (non-hydrogen) atoms. The number of hydrogen-bond donors (Lipinski definition) is 2. The van der Waals surface area contributed by atoms with Crippen molar-refractivity contribution in [2.24, 2.45) is 0 Å². The molecule has 0 radical (unpaired) electrons. The van der Waals surface area contributed by atoms with Crippen LogP contribution in [0.15, 0.2) is 91.0 Å². The van der Waals surface area contributed by atoms with Gasteiger partial charge in [0.1, 0.15) is 11.8 Å². The van der Waals surface area contributed by atoms with Gasteiger partial charge in [0.2, 0.25) is 0 Å². The van der Waals surface area contributed by atoms with Crippen LogP contribution < -0.4 is 0 Å². The summed E-state index contributed by atoms with van der Waals surface area (Å²) in [5.74, 6) is 0. The second-order valence-electron chi connectivity index (χ2n) is 7.49. The monoisotopic (exact) mass is 403 g/mol. The van der Waals surface area contributed by atoms with E-state index in [1.165, 1.54) is 0 Å². The number of benzene rings is 3. The van der Waals surface area contributed by atoms with E-state index >= 15 is 0 Å². The van der Waals surface area contributed by atoms with Crippen LogP contribution >= 0.6 is 0 Å². The van der Waals surface area contributed by atoms with Crippen molar-refractivity contribution in [1.29, 1.82) is 0 Å². The highest BCUT2D eigenvalue weighted by molar-refractivity contribution is 5.66. The molecule has 1 aliphatic heterocycles. The first-order valence-electron chi connectivity index (χ1n) is 10.1. The molecule has 1 heterocycles. The average molecular weight is 403 g/mol. The van der Waals surface area contributed by atoms with Gasteiger partial charge in [0.25, 0.3) is 0 Å². The predicted molar refractivity (Wildman–Crippen MR) is 114 cm³/mol. The summed E-state index contributed by atoms with van der Waals surface area (Å²) in [6.45, 7) is 0.169. The van der Waals surface area contributed by atoms with E-state index < -0.39 is 24.0 Å². The zero-order chi connectivity index (χ0) is 21.0. The number of aliphatic hydroxyl groups excluding tert-OH is 1. The molecule has 5 nitrogen and oxygen atoms in total. The highest BCUT2D eigenvalue weighted by atomic mass is 16.5. The number of rotatable bonds is 6. The normalized spacial score (nSPS) is 19.0. The van der Waals surface area contributed by atoms with Crippen molar-refractivity contribution in [2.45, 2.75) is 30.7 Å². The van der Waals surface area contributed by atoms with Gasteiger partial charge in [-0.05, 0) is 29.5 Å². The van der Waals surface area contributed by atoms with Gasteiger partial charge in [-0.3, -0.25) is 4.90 Å². The summed E-state index contributed by atoms with van der Waals surface area (Å²) >= 11 is 0. The number of aliphatic hydroxyl groups is 1. The average Bonchev–Trinajstić information content (AvgIpc) is 3.17. The molecule has 1 aliphatic rings. The lowest BCUT2D eigenvalue weighted by Crippen LogP contribution is -2.44. The molecule has 2 atom stereocenters. The van der Waals surface area contributed by atoms with E-state index in [2.05, 4.69) is 0 Å². The van der Waals surface area contributed by atoms with Gasteiger partial charge in [-0.15, -0.1) is 0 Å². The summed E-state index contributed by atoms with van der Waals surface area (Å²) < 4.78 is 6.68. The molecule has 2 unspecified atom stereocenters.